The van der Waals surface area contributed by atoms with Crippen molar-refractivity contribution in [3.63, 3.8) is 0 Å². The van der Waals surface area contributed by atoms with Crippen molar-refractivity contribution < 1.29 is 13.2 Å². The smallest absolute Gasteiger partial charge is 0.367 e. The molecule has 0 aliphatic rings. The van der Waals surface area contributed by atoms with Gasteiger partial charge in [-0.2, -0.15) is 18.2 Å². The summed E-state index contributed by atoms with van der Waals surface area (Å²) in [4.78, 5) is 8.25. The first-order chi connectivity index (χ1) is 10.4. The molecule has 1 unspecified atom stereocenters. The van der Waals surface area contributed by atoms with Gasteiger partial charge < -0.3 is 10.6 Å². The zero-order valence-electron chi connectivity index (χ0n) is 12.3. The van der Waals surface area contributed by atoms with Crippen LogP contribution in [-0.4, -0.2) is 16.0 Å². The third kappa shape index (κ3) is 4.34. The summed E-state index contributed by atoms with van der Waals surface area (Å²) in [6.45, 7) is 4.06. The topological polar surface area (TPSA) is 49.8 Å². The van der Waals surface area contributed by atoms with Crippen molar-refractivity contribution in [2.75, 3.05) is 10.6 Å². The molecule has 0 aliphatic carbocycles. The standard InChI is InChI=1S/C15H17F3N4/c1-3-10(2)20-13-7-8-19-14(22-13)21-12-6-4-5-11(9-12)15(16,17)18/h4-10H,3H2,1-2H3,(H2,19,20,21,22). The van der Waals surface area contributed by atoms with Crippen LogP contribution in [0, 0.1) is 0 Å². The molecule has 2 rings (SSSR count). The molecule has 1 aromatic carbocycles. The molecule has 0 spiro atoms. The molecule has 1 aromatic heterocycles. The molecule has 2 N–H and O–H groups in total. The summed E-state index contributed by atoms with van der Waals surface area (Å²) < 4.78 is 38.1. The van der Waals surface area contributed by atoms with Gasteiger partial charge in [-0.25, -0.2) is 4.98 Å². The summed E-state index contributed by atoms with van der Waals surface area (Å²) in [5.41, 5.74) is -0.429. The second-order valence-corrected chi connectivity index (χ2v) is 4.92. The Morgan fingerprint density at radius 2 is 2.00 bits per heavy atom. The number of nitrogens with one attached hydrogen (secondary N) is 2. The molecular weight excluding hydrogens is 293 g/mol. The highest BCUT2D eigenvalue weighted by Crippen LogP contribution is 2.31. The number of halogens is 3. The van der Waals surface area contributed by atoms with E-state index in [1.54, 1.807) is 12.3 Å². The molecule has 1 heterocycles. The van der Waals surface area contributed by atoms with Gasteiger partial charge in [-0.3, -0.25) is 0 Å². The van der Waals surface area contributed by atoms with Crippen LogP contribution in [0.1, 0.15) is 25.8 Å². The molecule has 0 saturated heterocycles. The van der Waals surface area contributed by atoms with Crippen LogP contribution in [0.15, 0.2) is 36.5 Å². The lowest BCUT2D eigenvalue weighted by Crippen LogP contribution is -2.15. The van der Waals surface area contributed by atoms with Crippen molar-refractivity contribution in [3.05, 3.63) is 42.1 Å². The lowest BCUT2D eigenvalue weighted by atomic mass is 10.2. The number of nitrogens with zero attached hydrogens (tertiary/aromatic N) is 2. The Bertz CT molecular complexity index is 628. The molecule has 0 radical (unpaired) electrons. The van der Waals surface area contributed by atoms with Crippen molar-refractivity contribution in [2.24, 2.45) is 0 Å². The second kappa shape index (κ2) is 6.64. The summed E-state index contributed by atoms with van der Waals surface area (Å²) in [6.07, 6.45) is -1.90. The second-order valence-electron chi connectivity index (χ2n) is 4.92. The van der Waals surface area contributed by atoms with Crippen LogP contribution in [0.4, 0.5) is 30.6 Å². The lowest BCUT2D eigenvalue weighted by molar-refractivity contribution is -0.137. The van der Waals surface area contributed by atoms with Gasteiger partial charge in [0.15, 0.2) is 0 Å². The van der Waals surface area contributed by atoms with Gasteiger partial charge in [-0.15, -0.1) is 0 Å². The Kier molecular flexibility index (Phi) is 4.85. The fourth-order valence-corrected chi connectivity index (χ4v) is 1.76. The van der Waals surface area contributed by atoms with Crippen LogP contribution in [0.2, 0.25) is 0 Å². The van der Waals surface area contributed by atoms with Crippen molar-refractivity contribution in [1.29, 1.82) is 0 Å². The largest absolute Gasteiger partial charge is 0.416 e. The number of alkyl halides is 3. The Labute approximate surface area is 126 Å². The van der Waals surface area contributed by atoms with Crippen molar-refractivity contribution in [2.45, 2.75) is 32.5 Å². The highest BCUT2D eigenvalue weighted by atomic mass is 19.4. The first-order valence-electron chi connectivity index (χ1n) is 6.92. The van der Waals surface area contributed by atoms with E-state index in [-0.39, 0.29) is 17.7 Å². The maximum atomic E-state index is 12.7. The van der Waals surface area contributed by atoms with Crippen LogP contribution in [-0.2, 0) is 6.18 Å². The number of rotatable bonds is 5. The first-order valence-corrected chi connectivity index (χ1v) is 6.92. The Morgan fingerprint density at radius 3 is 2.68 bits per heavy atom. The van der Waals surface area contributed by atoms with Gasteiger partial charge in [0.25, 0.3) is 0 Å². The van der Waals surface area contributed by atoms with Crippen molar-refractivity contribution in [1.82, 2.24) is 9.97 Å². The molecule has 4 nitrogen and oxygen atoms in total. The molecule has 2 aromatic rings. The minimum atomic E-state index is -4.38. The number of aromatic nitrogens is 2. The van der Waals surface area contributed by atoms with E-state index in [4.69, 9.17) is 0 Å². The molecule has 0 aliphatic heterocycles. The predicted molar refractivity (Wildman–Crippen MR) is 80.1 cm³/mol. The van der Waals surface area contributed by atoms with Gasteiger partial charge in [0.05, 0.1) is 5.56 Å². The molecule has 0 bridgehead atoms. The lowest BCUT2D eigenvalue weighted by Gasteiger charge is -2.13. The van der Waals surface area contributed by atoms with Gasteiger partial charge in [0.1, 0.15) is 5.82 Å². The Morgan fingerprint density at radius 1 is 1.23 bits per heavy atom. The Balaban J connectivity index is 2.15. The Hall–Kier alpha value is -2.31. The fraction of sp³-hybridized carbons (Fsp3) is 0.333. The van der Waals surface area contributed by atoms with Crippen LogP contribution in [0.5, 0.6) is 0 Å². The summed E-state index contributed by atoms with van der Waals surface area (Å²) in [7, 11) is 0. The highest BCUT2D eigenvalue weighted by Gasteiger charge is 2.30. The monoisotopic (exact) mass is 310 g/mol. The summed E-state index contributed by atoms with van der Waals surface area (Å²) in [5.74, 6) is 0.867. The van der Waals surface area contributed by atoms with Crippen molar-refractivity contribution in [3.8, 4) is 0 Å². The molecule has 1 atom stereocenters. The van der Waals surface area contributed by atoms with E-state index >= 15 is 0 Å². The quantitative estimate of drug-likeness (QED) is 0.856. The van der Waals surface area contributed by atoms with Crippen LogP contribution in [0.3, 0.4) is 0 Å². The number of anilines is 3. The maximum absolute atomic E-state index is 12.7. The highest BCUT2D eigenvalue weighted by molar-refractivity contribution is 5.56. The number of benzene rings is 1. The minimum Gasteiger partial charge on any atom is -0.367 e. The first kappa shape index (κ1) is 16.1. The number of hydrogen-bond acceptors (Lipinski definition) is 4. The van der Waals surface area contributed by atoms with E-state index in [2.05, 4.69) is 20.6 Å². The summed E-state index contributed by atoms with van der Waals surface area (Å²) >= 11 is 0. The molecule has 0 amide bonds. The van der Waals surface area contributed by atoms with Gasteiger partial charge in [0.2, 0.25) is 5.95 Å². The summed E-state index contributed by atoms with van der Waals surface area (Å²) in [5, 5.41) is 5.97. The third-order valence-corrected chi connectivity index (χ3v) is 3.11. The van der Waals surface area contributed by atoms with E-state index in [9.17, 15) is 13.2 Å². The molecule has 118 valence electrons. The molecule has 0 saturated carbocycles. The van der Waals surface area contributed by atoms with Crippen LogP contribution < -0.4 is 10.6 Å². The van der Waals surface area contributed by atoms with Gasteiger partial charge in [-0.1, -0.05) is 13.0 Å². The van der Waals surface area contributed by atoms with E-state index in [1.165, 1.54) is 12.1 Å². The van der Waals surface area contributed by atoms with E-state index in [0.29, 0.717) is 5.82 Å². The van der Waals surface area contributed by atoms with Crippen LogP contribution >= 0.6 is 0 Å². The van der Waals surface area contributed by atoms with Crippen molar-refractivity contribution >= 4 is 17.5 Å². The zero-order valence-corrected chi connectivity index (χ0v) is 12.3. The average molecular weight is 310 g/mol. The molecule has 0 fully saturated rings. The average Bonchev–Trinajstić information content (AvgIpc) is 2.47. The normalized spacial score (nSPS) is 12.8. The number of hydrogen-bond donors (Lipinski definition) is 2. The fourth-order valence-electron chi connectivity index (χ4n) is 1.76. The maximum Gasteiger partial charge on any atom is 0.416 e. The van der Waals surface area contributed by atoms with Gasteiger partial charge in [0, 0.05) is 17.9 Å². The third-order valence-electron chi connectivity index (χ3n) is 3.11. The van der Waals surface area contributed by atoms with E-state index in [0.717, 1.165) is 18.6 Å². The minimum absolute atomic E-state index is 0.243. The van der Waals surface area contributed by atoms with E-state index in [1.807, 2.05) is 13.8 Å². The van der Waals surface area contributed by atoms with Crippen LogP contribution in [0.25, 0.3) is 0 Å². The molecule has 22 heavy (non-hydrogen) atoms. The van der Waals surface area contributed by atoms with Gasteiger partial charge in [-0.05, 0) is 37.6 Å². The molecular formula is C15H17F3N4. The zero-order chi connectivity index (χ0) is 16.2. The summed E-state index contributed by atoms with van der Waals surface area (Å²) in [6, 6.07) is 6.88. The van der Waals surface area contributed by atoms with Gasteiger partial charge >= 0.3 is 6.18 Å². The SMILES string of the molecule is CCC(C)Nc1ccnc(Nc2cccc(C(F)(F)F)c2)n1. The van der Waals surface area contributed by atoms with E-state index < -0.39 is 11.7 Å². The predicted octanol–water partition coefficient (Wildman–Crippen LogP) is 4.45. The molecule has 7 heteroatoms.